The van der Waals surface area contributed by atoms with E-state index >= 15 is 0 Å². The van der Waals surface area contributed by atoms with Gasteiger partial charge in [-0.15, -0.1) is 0 Å². The molecule has 108 valence electrons. The summed E-state index contributed by atoms with van der Waals surface area (Å²) in [6.45, 7) is 2.80. The Balaban J connectivity index is 3.28. The van der Waals surface area contributed by atoms with Gasteiger partial charge in [0.15, 0.2) is 11.9 Å². The molecule has 0 saturated carbocycles. The fraction of sp³-hybridized carbons (Fsp3) is 0.357. The minimum atomic E-state index is -0.955. The van der Waals surface area contributed by atoms with Crippen LogP contribution in [0.5, 0.6) is 5.75 Å². The fourth-order valence-corrected chi connectivity index (χ4v) is 1.60. The minimum Gasteiger partial charge on any atom is -0.477 e. The average molecular weight is 280 g/mol. The Kier molecular flexibility index (Phi) is 5.25. The molecule has 0 aromatic heterocycles. The molecule has 1 aromatic carbocycles. The topological polar surface area (TPSA) is 78.9 Å². The molecule has 0 fully saturated rings. The number of benzene rings is 1. The van der Waals surface area contributed by atoms with Crippen molar-refractivity contribution in [2.75, 3.05) is 14.2 Å². The number of para-hydroxylation sites is 1. The van der Waals surface area contributed by atoms with Gasteiger partial charge in [0.25, 0.3) is 0 Å². The summed E-state index contributed by atoms with van der Waals surface area (Å²) in [5.74, 6) is -1.54. The van der Waals surface area contributed by atoms with Gasteiger partial charge in [-0.1, -0.05) is 6.07 Å². The zero-order valence-corrected chi connectivity index (χ0v) is 11.8. The van der Waals surface area contributed by atoms with Gasteiger partial charge in [-0.25, -0.2) is 9.59 Å². The van der Waals surface area contributed by atoms with Gasteiger partial charge >= 0.3 is 11.9 Å². The van der Waals surface area contributed by atoms with Gasteiger partial charge in [0.2, 0.25) is 0 Å². The lowest BCUT2D eigenvalue weighted by Crippen LogP contribution is -2.26. The maximum Gasteiger partial charge on any atom is 0.346 e. The predicted octanol–water partition coefficient (Wildman–Crippen LogP) is 1.62. The first kappa shape index (κ1) is 15.7. The van der Waals surface area contributed by atoms with Crippen molar-refractivity contribution in [1.29, 1.82) is 0 Å². The minimum absolute atomic E-state index is 0.0183. The maximum absolute atomic E-state index is 11.7. The van der Waals surface area contributed by atoms with Gasteiger partial charge in [0.1, 0.15) is 11.3 Å². The Labute approximate surface area is 116 Å². The van der Waals surface area contributed by atoms with E-state index in [-0.39, 0.29) is 22.7 Å². The van der Waals surface area contributed by atoms with Gasteiger partial charge in [-0.3, -0.25) is 4.79 Å². The highest BCUT2D eigenvalue weighted by molar-refractivity contribution is 6.02. The maximum atomic E-state index is 11.7. The van der Waals surface area contributed by atoms with Crippen molar-refractivity contribution in [2.45, 2.75) is 20.0 Å². The molecule has 0 aliphatic carbocycles. The number of carbonyl (C=O) groups is 3. The number of Topliss-reactive ketones (excluding diaryl/α,β-unsaturated/α-hetero) is 1. The van der Waals surface area contributed by atoms with E-state index < -0.39 is 18.0 Å². The molecule has 0 heterocycles. The van der Waals surface area contributed by atoms with Crippen LogP contribution in [0.25, 0.3) is 0 Å². The molecule has 0 amide bonds. The van der Waals surface area contributed by atoms with Gasteiger partial charge in [-0.2, -0.15) is 0 Å². The van der Waals surface area contributed by atoms with Gasteiger partial charge in [-0.05, 0) is 26.0 Å². The summed E-state index contributed by atoms with van der Waals surface area (Å²) in [6, 6.07) is 4.50. The van der Waals surface area contributed by atoms with E-state index in [4.69, 9.17) is 4.74 Å². The molecule has 1 unspecified atom stereocenters. The first-order chi connectivity index (χ1) is 9.42. The number of carbonyl (C=O) groups excluding carboxylic acids is 3. The summed E-state index contributed by atoms with van der Waals surface area (Å²) in [5, 5.41) is 0. The van der Waals surface area contributed by atoms with E-state index in [0.717, 1.165) is 0 Å². The van der Waals surface area contributed by atoms with Crippen LogP contribution in [0.4, 0.5) is 0 Å². The normalized spacial score (nSPS) is 11.4. The third-order valence-electron chi connectivity index (χ3n) is 2.63. The van der Waals surface area contributed by atoms with Crippen molar-refractivity contribution in [3.63, 3.8) is 0 Å². The summed E-state index contributed by atoms with van der Waals surface area (Å²) in [5.41, 5.74) is 0.277. The standard InChI is InChI=1S/C14H16O6/c1-8(15)10-6-5-7-11(14(17)19-4)12(10)20-9(2)13(16)18-3/h5-7,9H,1-4H3. The number of rotatable bonds is 5. The van der Waals surface area contributed by atoms with Crippen molar-refractivity contribution in [1.82, 2.24) is 0 Å². The number of ketones is 1. The molecule has 0 N–H and O–H groups in total. The highest BCUT2D eigenvalue weighted by Gasteiger charge is 2.23. The molecule has 1 atom stereocenters. The molecule has 1 aromatic rings. The Morgan fingerprint density at radius 3 is 2.15 bits per heavy atom. The van der Waals surface area contributed by atoms with E-state index in [1.165, 1.54) is 40.2 Å². The van der Waals surface area contributed by atoms with Crippen LogP contribution in [0.2, 0.25) is 0 Å². The monoisotopic (exact) mass is 280 g/mol. The molecule has 1 rings (SSSR count). The van der Waals surface area contributed by atoms with E-state index in [0.29, 0.717) is 0 Å². The summed E-state index contributed by atoms with van der Waals surface area (Å²) < 4.78 is 14.6. The molecule has 0 spiro atoms. The molecule has 0 saturated heterocycles. The number of esters is 2. The van der Waals surface area contributed by atoms with Crippen LogP contribution >= 0.6 is 0 Å². The Morgan fingerprint density at radius 1 is 1.05 bits per heavy atom. The molecule has 0 radical (unpaired) electrons. The molecule has 20 heavy (non-hydrogen) atoms. The SMILES string of the molecule is COC(=O)c1cccc(C(C)=O)c1OC(C)C(=O)OC. The fourth-order valence-electron chi connectivity index (χ4n) is 1.60. The highest BCUT2D eigenvalue weighted by atomic mass is 16.6. The molecule has 6 nitrogen and oxygen atoms in total. The molecular weight excluding hydrogens is 264 g/mol. The number of methoxy groups -OCH3 is 2. The van der Waals surface area contributed by atoms with E-state index in [2.05, 4.69) is 9.47 Å². The molecule has 0 aliphatic rings. The third kappa shape index (κ3) is 3.34. The van der Waals surface area contributed by atoms with Gasteiger partial charge in [0.05, 0.1) is 19.8 Å². The Morgan fingerprint density at radius 2 is 1.65 bits per heavy atom. The van der Waals surface area contributed by atoms with Crippen LogP contribution < -0.4 is 4.74 Å². The number of ether oxygens (including phenoxy) is 3. The highest BCUT2D eigenvalue weighted by Crippen LogP contribution is 2.26. The van der Waals surface area contributed by atoms with Gasteiger partial charge in [0, 0.05) is 0 Å². The largest absolute Gasteiger partial charge is 0.477 e. The van der Waals surface area contributed by atoms with Crippen molar-refractivity contribution in [2.24, 2.45) is 0 Å². The Bertz CT molecular complexity index is 534. The molecule has 6 heteroatoms. The lowest BCUT2D eigenvalue weighted by molar-refractivity contribution is -0.147. The zero-order chi connectivity index (χ0) is 15.3. The predicted molar refractivity (Wildman–Crippen MR) is 69.9 cm³/mol. The van der Waals surface area contributed by atoms with Gasteiger partial charge < -0.3 is 14.2 Å². The van der Waals surface area contributed by atoms with Crippen molar-refractivity contribution in [3.8, 4) is 5.75 Å². The second-order valence-corrected chi connectivity index (χ2v) is 4.01. The lowest BCUT2D eigenvalue weighted by Gasteiger charge is -2.17. The molecular formula is C14H16O6. The number of hydrogen-bond donors (Lipinski definition) is 0. The van der Waals surface area contributed by atoms with E-state index in [1.807, 2.05) is 0 Å². The number of hydrogen-bond acceptors (Lipinski definition) is 6. The average Bonchev–Trinajstić information content (AvgIpc) is 2.45. The zero-order valence-electron chi connectivity index (χ0n) is 11.8. The summed E-state index contributed by atoms with van der Waals surface area (Å²) in [7, 11) is 2.44. The van der Waals surface area contributed by atoms with Crippen LogP contribution in [0.1, 0.15) is 34.6 Å². The van der Waals surface area contributed by atoms with Crippen molar-refractivity contribution in [3.05, 3.63) is 29.3 Å². The second-order valence-electron chi connectivity index (χ2n) is 4.01. The van der Waals surface area contributed by atoms with Crippen LogP contribution in [-0.4, -0.2) is 38.0 Å². The molecule has 0 aliphatic heterocycles. The first-order valence-electron chi connectivity index (χ1n) is 5.89. The summed E-state index contributed by atoms with van der Waals surface area (Å²) >= 11 is 0. The van der Waals surface area contributed by atoms with Crippen LogP contribution in [0.15, 0.2) is 18.2 Å². The summed E-state index contributed by atoms with van der Waals surface area (Å²) in [4.78, 5) is 34.7. The quantitative estimate of drug-likeness (QED) is 0.602. The third-order valence-corrected chi connectivity index (χ3v) is 2.63. The Hall–Kier alpha value is -2.37. The smallest absolute Gasteiger partial charge is 0.346 e. The second kappa shape index (κ2) is 6.70. The lowest BCUT2D eigenvalue weighted by atomic mass is 10.1. The van der Waals surface area contributed by atoms with Crippen LogP contribution in [0, 0.1) is 0 Å². The van der Waals surface area contributed by atoms with Crippen LogP contribution in [0.3, 0.4) is 0 Å². The molecule has 0 bridgehead atoms. The van der Waals surface area contributed by atoms with Crippen LogP contribution in [-0.2, 0) is 14.3 Å². The van der Waals surface area contributed by atoms with E-state index in [9.17, 15) is 14.4 Å². The summed E-state index contributed by atoms with van der Waals surface area (Å²) in [6.07, 6.45) is -0.955. The van der Waals surface area contributed by atoms with E-state index in [1.54, 1.807) is 6.07 Å². The first-order valence-corrected chi connectivity index (χ1v) is 5.89. The van der Waals surface area contributed by atoms with Crippen molar-refractivity contribution >= 4 is 17.7 Å². The van der Waals surface area contributed by atoms with Crippen molar-refractivity contribution < 1.29 is 28.6 Å².